The first kappa shape index (κ1) is 16.7. The second-order valence-corrected chi connectivity index (χ2v) is 6.42. The van der Waals surface area contributed by atoms with Gasteiger partial charge in [-0.1, -0.05) is 11.3 Å². The molecule has 1 saturated heterocycles. The van der Waals surface area contributed by atoms with E-state index < -0.39 is 0 Å². The summed E-state index contributed by atoms with van der Waals surface area (Å²) in [5.74, 6) is 0.755. The average molecular weight is 348 g/mol. The van der Waals surface area contributed by atoms with Crippen molar-refractivity contribution in [2.45, 2.75) is 19.9 Å². The van der Waals surface area contributed by atoms with Crippen LogP contribution in [0.3, 0.4) is 0 Å². The summed E-state index contributed by atoms with van der Waals surface area (Å²) in [6.45, 7) is 5.33. The van der Waals surface area contributed by atoms with E-state index in [1.807, 2.05) is 19.1 Å². The largest absolute Gasteiger partial charge is 0.378 e. The van der Waals surface area contributed by atoms with Crippen molar-refractivity contribution in [3.63, 3.8) is 0 Å². The van der Waals surface area contributed by atoms with E-state index >= 15 is 0 Å². The van der Waals surface area contributed by atoms with Crippen LogP contribution in [0.1, 0.15) is 12.1 Å². The Hall–Kier alpha value is -2.19. The van der Waals surface area contributed by atoms with E-state index in [1.54, 1.807) is 16.1 Å². The predicted octanol–water partition coefficient (Wildman–Crippen LogP) is 1.48. The second-order valence-electron chi connectivity index (χ2n) is 5.60. The third-order valence-corrected chi connectivity index (χ3v) is 4.79. The minimum Gasteiger partial charge on any atom is -0.378 e. The SMILES string of the molecule is Cc1csc(=O)n1CCC(=O)Nc1ccc(N2CCOCC2)nc1. The third kappa shape index (κ3) is 4.01. The van der Waals surface area contributed by atoms with Crippen LogP contribution in [0.2, 0.25) is 0 Å². The van der Waals surface area contributed by atoms with Gasteiger partial charge in [0, 0.05) is 37.1 Å². The molecule has 1 fully saturated rings. The molecule has 1 aliphatic rings. The maximum absolute atomic E-state index is 12.0. The molecule has 0 spiro atoms. The zero-order valence-electron chi connectivity index (χ0n) is 13.5. The Morgan fingerprint density at radius 1 is 1.38 bits per heavy atom. The average Bonchev–Trinajstić information content (AvgIpc) is 2.93. The zero-order valence-corrected chi connectivity index (χ0v) is 14.3. The lowest BCUT2D eigenvalue weighted by molar-refractivity contribution is -0.116. The van der Waals surface area contributed by atoms with Crippen LogP contribution in [-0.2, 0) is 16.1 Å². The minimum atomic E-state index is -0.131. The highest BCUT2D eigenvalue weighted by Crippen LogP contribution is 2.15. The monoisotopic (exact) mass is 348 g/mol. The fraction of sp³-hybridized carbons (Fsp3) is 0.438. The maximum Gasteiger partial charge on any atom is 0.307 e. The molecule has 2 aromatic heterocycles. The molecule has 3 rings (SSSR count). The van der Waals surface area contributed by atoms with Gasteiger partial charge in [0.25, 0.3) is 0 Å². The molecule has 1 aliphatic heterocycles. The van der Waals surface area contributed by atoms with Crippen LogP contribution in [0.15, 0.2) is 28.5 Å². The van der Waals surface area contributed by atoms with Crippen molar-refractivity contribution in [3.8, 4) is 0 Å². The highest BCUT2D eigenvalue weighted by molar-refractivity contribution is 7.07. The van der Waals surface area contributed by atoms with Crippen LogP contribution in [0.5, 0.6) is 0 Å². The molecule has 3 heterocycles. The summed E-state index contributed by atoms with van der Waals surface area (Å²) in [6, 6.07) is 3.74. The summed E-state index contributed by atoms with van der Waals surface area (Å²) in [7, 11) is 0. The molecule has 0 saturated carbocycles. The van der Waals surface area contributed by atoms with E-state index in [1.165, 1.54) is 0 Å². The fourth-order valence-electron chi connectivity index (χ4n) is 2.55. The van der Waals surface area contributed by atoms with Crippen LogP contribution in [-0.4, -0.2) is 41.8 Å². The number of thiazole rings is 1. The molecule has 0 aliphatic carbocycles. The number of pyridine rings is 1. The van der Waals surface area contributed by atoms with Crippen molar-refractivity contribution >= 4 is 28.7 Å². The lowest BCUT2D eigenvalue weighted by Gasteiger charge is -2.27. The quantitative estimate of drug-likeness (QED) is 0.886. The number of morpholine rings is 1. The van der Waals surface area contributed by atoms with E-state index in [2.05, 4.69) is 15.2 Å². The fourth-order valence-corrected chi connectivity index (χ4v) is 3.31. The van der Waals surface area contributed by atoms with Gasteiger partial charge in [0.1, 0.15) is 5.82 Å². The van der Waals surface area contributed by atoms with Crippen molar-refractivity contribution < 1.29 is 9.53 Å². The molecule has 0 radical (unpaired) electrons. The third-order valence-electron chi connectivity index (χ3n) is 3.91. The van der Waals surface area contributed by atoms with Gasteiger partial charge in [0.05, 0.1) is 25.1 Å². The number of aromatic nitrogens is 2. The zero-order chi connectivity index (χ0) is 16.9. The van der Waals surface area contributed by atoms with Gasteiger partial charge < -0.3 is 19.5 Å². The lowest BCUT2D eigenvalue weighted by atomic mass is 10.3. The molecule has 2 aromatic rings. The number of amides is 1. The second kappa shape index (κ2) is 7.59. The Balaban J connectivity index is 1.53. The minimum absolute atomic E-state index is 0.0307. The number of hydrogen-bond acceptors (Lipinski definition) is 6. The molecule has 0 aromatic carbocycles. The summed E-state index contributed by atoms with van der Waals surface area (Å²) in [6.07, 6.45) is 1.91. The first-order valence-electron chi connectivity index (χ1n) is 7.87. The van der Waals surface area contributed by atoms with Crippen LogP contribution < -0.4 is 15.1 Å². The molecule has 1 N–H and O–H groups in total. The first-order valence-corrected chi connectivity index (χ1v) is 8.75. The van der Waals surface area contributed by atoms with Crippen molar-refractivity contribution in [1.82, 2.24) is 9.55 Å². The van der Waals surface area contributed by atoms with E-state index in [9.17, 15) is 9.59 Å². The van der Waals surface area contributed by atoms with E-state index in [0.29, 0.717) is 25.4 Å². The highest BCUT2D eigenvalue weighted by Gasteiger charge is 2.12. The Bertz CT molecular complexity index is 747. The molecule has 0 unspecified atom stereocenters. The van der Waals surface area contributed by atoms with Gasteiger partial charge >= 0.3 is 4.87 Å². The van der Waals surface area contributed by atoms with E-state index in [-0.39, 0.29) is 17.2 Å². The number of carbonyl (C=O) groups excluding carboxylic acids is 1. The highest BCUT2D eigenvalue weighted by atomic mass is 32.1. The number of hydrogen-bond donors (Lipinski definition) is 1. The van der Waals surface area contributed by atoms with E-state index in [4.69, 9.17) is 4.74 Å². The van der Waals surface area contributed by atoms with Gasteiger partial charge in [0.15, 0.2) is 0 Å². The number of ether oxygens (including phenoxy) is 1. The number of carbonyl (C=O) groups is 1. The summed E-state index contributed by atoms with van der Waals surface area (Å²) in [5, 5.41) is 4.62. The van der Waals surface area contributed by atoms with Crippen molar-refractivity contribution in [3.05, 3.63) is 39.1 Å². The first-order chi connectivity index (χ1) is 11.6. The summed E-state index contributed by atoms with van der Waals surface area (Å²) < 4.78 is 6.94. The van der Waals surface area contributed by atoms with Crippen LogP contribution in [0, 0.1) is 6.92 Å². The molecule has 0 bridgehead atoms. The molecule has 24 heavy (non-hydrogen) atoms. The summed E-state index contributed by atoms with van der Waals surface area (Å²) in [4.78, 5) is 30.2. The molecule has 128 valence electrons. The molecule has 1 amide bonds. The maximum atomic E-state index is 12.0. The Kier molecular flexibility index (Phi) is 5.27. The van der Waals surface area contributed by atoms with Gasteiger partial charge in [-0.2, -0.15) is 0 Å². The van der Waals surface area contributed by atoms with Gasteiger partial charge in [-0.05, 0) is 19.1 Å². The summed E-state index contributed by atoms with van der Waals surface area (Å²) >= 11 is 1.15. The molecular formula is C16H20N4O3S. The Labute approximate surface area is 143 Å². The number of rotatable bonds is 5. The van der Waals surface area contributed by atoms with Crippen LogP contribution in [0.4, 0.5) is 11.5 Å². The summed E-state index contributed by atoms with van der Waals surface area (Å²) in [5.41, 5.74) is 1.54. The van der Waals surface area contributed by atoms with Gasteiger partial charge in [-0.25, -0.2) is 4.98 Å². The predicted molar refractivity (Wildman–Crippen MR) is 93.8 cm³/mol. The topological polar surface area (TPSA) is 76.5 Å². The number of anilines is 2. The number of aryl methyl sites for hydroxylation is 1. The number of nitrogens with one attached hydrogen (secondary N) is 1. The van der Waals surface area contributed by atoms with Gasteiger partial charge in [-0.15, -0.1) is 0 Å². The van der Waals surface area contributed by atoms with Crippen LogP contribution >= 0.6 is 11.3 Å². The normalized spacial score (nSPS) is 14.6. The number of nitrogens with zero attached hydrogens (tertiary/aromatic N) is 3. The molecule has 7 nitrogen and oxygen atoms in total. The van der Waals surface area contributed by atoms with E-state index in [0.717, 1.165) is 35.9 Å². The van der Waals surface area contributed by atoms with Crippen molar-refractivity contribution in [2.24, 2.45) is 0 Å². The Morgan fingerprint density at radius 3 is 2.79 bits per heavy atom. The smallest absolute Gasteiger partial charge is 0.307 e. The Morgan fingerprint density at radius 2 is 2.17 bits per heavy atom. The molecule has 0 atom stereocenters. The standard InChI is InChI=1S/C16H20N4O3S/c1-12-11-24-16(22)20(12)5-4-15(21)18-13-2-3-14(17-10-13)19-6-8-23-9-7-19/h2-3,10-11H,4-9H2,1H3,(H,18,21). The lowest BCUT2D eigenvalue weighted by Crippen LogP contribution is -2.36. The van der Waals surface area contributed by atoms with Crippen molar-refractivity contribution in [1.29, 1.82) is 0 Å². The van der Waals surface area contributed by atoms with Crippen LogP contribution in [0.25, 0.3) is 0 Å². The van der Waals surface area contributed by atoms with Gasteiger partial charge in [0.2, 0.25) is 5.91 Å². The van der Waals surface area contributed by atoms with Gasteiger partial charge in [-0.3, -0.25) is 9.59 Å². The molecule has 8 heteroatoms. The van der Waals surface area contributed by atoms with Crippen molar-refractivity contribution in [2.75, 3.05) is 36.5 Å². The molecular weight excluding hydrogens is 328 g/mol.